The summed E-state index contributed by atoms with van der Waals surface area (Å²) in [5.74, 6) is -0.175. The molecule has 0 aromatic heterocycles. The predicted molar refractivity (Wildman–Crippen MR) is 120 cm³/mol. The van der Waals surface area contributed by atoms with Gasteiger partial charge in [0.2, 0.25) is 0 Å². The summed E-state index contributed by atoms with van der Waals surface area (Å²) < 4.78 is 5.73. The first-order chi connectivity index (χ1) is 15.0. The van der Waals surface area contributed by atoms with Crippen LogP contribution in [-0.2, 0) is 16.1 Å². The normalized spacial score (nSPS) is 15.4. The molecule has 31 heavy (non-hydrogen) atoms. The molecule has 0 atom stereocenters. The van der Waals surface area contributed by atoms with Crippen LogP contribution in [0.5, 0.6) is 5.75 Å². The highest BCUT2D eigenvalue weighted by atomic mass is 16.5. The van der Waals surface area contributed by atoms with Crippen molar-refractivity contribution in [2.75, 3.05) is 6.61 Å². The van der Waals surface area contributed by atoms with Gasteiger partial charge in [0.15, 0.2) is 0 Å². The number of carbonyl (C=O) groups excluding carboxylic acids is 2. The summed E-state index contributed by atoms with van der Waals surface area (Å²) in [5, 5.41) is 9.53. The second kappa shape index (κ2) is 10.4. The number of amides is 2. The molecule has 1 aliphatic heterocycles. The molecule has 0 unspecified atom stereocenters. The number of nitriles is 1. The topological polar surface area (TPSA) is 70.4 Å². The molecule has 0 fully saturated rings. The smallest absolute Gasteiger partial charge is 0.271 e. The van der Waals surface area contributed by atoms with Crippen LogP contribution in [0.3, 0.4) is 0 Å². The van der Waals surface area contributed by atoms with E-state index in [1.54, 1.807) is 13.0 Å². The van der Waals surface area contributed by atoms with E-state index >= 15 is 0 Å². The van der Waals surface area contributed by atoms with E-state index in [0.717, 1.165) is 41.0 Å². The number of unbranched alkanes of at least 4 members (excludes halogenated alkanes) is 2. The first kappa shape index (κ1) is 22.0. The number of imide groups is 1. The SMILES string of the molecule is CCCCCOc1ccc(/C=C2/C(=O)N(Cc3ccccc3)C(=O)C(C#N)=C2C)cc1. The first-order valence-corrected chi connectivity index (χ1v) is 10.5. The van der Waals surface area contributed by atoms with Crippen molar-refractivity contribution in [2.45, 2.75) is 39.7 Å². The second-order valence-electron chi connectivity index (χ2n) is 7.48. The van der Waals surface area contributed by atoms with Gasteiger partial charge >= 0.3 is 0 Å². The molecule has 0 spiro atoms. The number of rotatable bonds is 8. The third-order valence-electron chi connectivity index (χ3n) is 5.22. The van der Waals surface area contributed by atoms with Gasteiger partial charge in [-0.25, -0.2) is 0 Å². The van der Waals surface area contributed by atoms with E-state index in [9.17, 15) is 14.9 Å². The van der Waals surface area contributed by atoms with Crippen molar-refractivity contribution < 1.29 is 14.3 Å². The maximum Gasteiger partial charge on any atom is 0.271 e. The van der Waals surface area contributed by atoms with Gasteiger partial charge in [-0.2, -0.15) is 5.26 Å². The van der Waals surface area contributed by atoms with E-state index in [4.69, 9.17) is 4.74 Å². The van der Waals surface area contributed by atoms with Crippen LogP contribution in [0.2, 0.25) is 0 Å². The Balaban J connectivity index is 1.85. The van der Waals surface area contributed by atoms with Gasteiger partial charge in [-0.05, 0) is 48.3 Å². The van der Waals surface area contributed by atoms with Crippen molar-refractivity contribution in [3.63, 3.8) is 0 Å². The molecule has 0 N–H and O–H groups in total. The molecular formula is C26H26N2O3. The van der Waals surface area contributed by atoms with E-state index < -0.39 is 11.8 Å². The summed E-state index contributed by atoms with van der Waals surface area (Å²) in [6.07, 6.45) is 5.02. The van der Waals surface area contributed by atoms with E-state index in [2.05, 4.69) is 6.92 Å². The highest BCUT2D eigenvalue weighted by molar-refractivity contribution is 6.19. The molecule has 0 radical (unpaired) electrons. The Hall–Kier alpha value is -3.65. The van der Waals surface area contributed by atoms with Crippen molar-refractivity contribution in [3.05, 3.63) is 82.4 Å². The van der Waals surface area contributed by atoms with Crippen LogP contribution in [0.25, 0.3) is 6.08 Å². The fourth-order valence-electron chi connectivity index (χ4n) is 3.41. The van der Waals surface area contributed by atoms with Crippen LogP contribution in [0, 0.1) is 11.3 Å². The molecule has 158 valence electrons. The summed E-state index contributed by atoms with van der Waals surface area (Å²) in [5.41, 5.74) is 2.38. The van der Waals surface area contributed by atoms with Crippen LogP contribution in [-0.4, -0.2) is 23.3 Å². The fraction of sp³-hybridized carbons (Fsp3) is 0.269. The van der Waals surface area contributed by atoms with Gasteiger partial charge in [0.1, 0.15) is 17.4 Å². The largest absolute Gasteiger partial charge is 0.494 e. The Bertz CT molecular complexity index is 1040. The molecule has 1 heterocycles. The Morgan fingerprint density at radius 1 is 1.00 bits per heavy atom. The van der Waals surface area contributed by atoms with Gasteiger partial charge in [0.25, 0.3) is 11.8 Å². The predicted octanol–water partition coefficient (Wildman–Crippen LogP) is 5.05. The molecule has 2 amide bonds. The average molecular weight is 415 g/mol. The van der Waals surface area contributed by atoms with Crippen molar-refractivity contribution in [2.24, 2.45) is 0 Å². The Labute approximate surface area is 183 Å². The number of nitrogens with zero attached hydrogens (tertiary/aromatic N) is 2. The number of hydrogen-bond donors (Lipinski definition) is 0. The monoisotopic (exact) mass is 414 g/mol. The van der Waals surface area contributed by atoms with Gasteiger partial charge in [-0.3, -0.25) is 14.5 Å². The molecule has 2 aromatic carbocycles. The lowest BCUT2D eigenvalue weighted by atomic mass is 9.93. The van der Waals surface area contributed by atoms with Gasteiger partial charge in [-0.15, -0.1) is 0 Å². The van der Waals surface area contributed by atoms with Gasteiger partial charge in [-0.1, -0.05) is 62.2 Å². The third-order valence-corrected chi connectivity index (χ3v) is 5.22. The minimum atomic E-state index is -0.554. The number of benzene rings is 2. The van der Waals surface area contributed by atoms with Gasteiger partial charge in [0, 0.05) is 5.57 Å². The molecule has 0 bridgehead atoms. The molecule has 2 aromatic rings. The standard InChI is InChI=1S/C26H26N2O3/c1-3-4-8-15-31-22-13-11-20(12-14-22)16-23-19(2)24(17-27)26(30)28(25(23)29)18-21-9-6-5-7-10-21/h5-7,9-14,16H,3-4,8,15,18H2,1-2H3/b23-16+. The minimum Gasteiger partial charge on any atom is -0.494 e. The summed E-state index contributed by atoms with van der Waals surface area (Å²) in [4.78, 5) is 27.0. The summed E-state index contributed by atoms with van der Waals surface area (Å²) in [6, 6.07) is 18.7. The molecule has 5 nitrogen and oxygen atoms in total. The zero-order valence-corrected chi connectivity index (χ0v) is 17.9. The molecular weight excluding hydrogens is 388 g/mol. The average Bonchev–Trinajstić information content (AvgIpc) is 2.79. The summed E-state index contributed by atoms with van der Waals surface area (Å²) >= 11 is 0. The van der Waals surface area contributed by atoms with E-state index in [1.807, 2.05) is 60.7 Å². The van der Waals surface area contributed by atoms with Crippen LogP contribution in [0.4, 0.5) is 0 Å². The lowest BCUT2D eigenvalue weighted by molar-refractivity contribution is -0.141. The Kier molecular flexibility index (Phi) is 7.40. The number of carbonyl (C=O) groups is 2. The fourth-order valence-corrected chi connectivity index (χ4v) is 3.41. The summed E-state index contributed by atoms with van der Waals surface area (Å²) in [6.45, 7) is 4.60. The zero-order chi connectivity index (χ0) is 22.2. The third kappa shape index (κ3) is 5.29. The number of ether oxygens (including phenoxy) is 1. The van der Waals surface area contributed by atoms with Crippen molar-refractivity contribution in [1.82, 2.24) is 4.90 Å². The Morgan fingerprint density at radius 2 is 1.71 bits per heavy atom. The maximum absolute atomic E-state index is 13.2. The first-order valence-electron chi connectivity index (χ1n) is 10.5. The van der Waals surface area contributed by atoms with Crippen LogP contribution in [0.1, 0.15) is 44.2 Å². The molecule has 5 heteroatoms. The highest BCUT2D eigenvalue weighted by Gasteiger charge is 2.35. The van der Waals surface area contributed by atoms with E-state index in [-0.39, 0.29) is 12.1 Å². The summed E-state index contributed by atoms with van der Waals surface area (Å²) in [7, 11) is 0. The van der Waals surface area contributed by atoms with Crippen molar-refractivity contribution >= 4 is 17.9 Å². The number of hydrogen-bond acceptors (Lipinski definition) is 4. The minimum absolute atomic E-state index is 0.00217. The van der Waals surface area contributed by atoms with Crippen LogP contribution in [0.15, 0.2) is 71.3 Å². The van der Waals surface area contributed by atoms with Crippen molar-refractivity contribution in [3.8, 4) is 11.8 Å². The van der Waals surface area contributed by atoms with Crippen LogP contribution >= 0.6 is 0 Å². The zero-order valence-electron chi connectivity index (χ0n) is 17.9. The second-order valence-corrected chi connectivity index (χ2v) is 7.48. The molecule has 0 saturated carbocycles. The maximum atomic E-state index is 13.2. The lowest BCUT2D eigenvalue weighted by Crippen LogP contribution is -2.42. The highest BCUT2D eigenvalue weighted by Crippen LogP contribution is 2.28. The van der Waals surface area contributed by atoms with E-state index in [0.29, 0.717) is 17.8 Å². The van der Waals surface area contributed by atoms with E-state index in [1.165, 1.54) is 0 Å². The molecule has 0 saturated heterocycles. The lowest BCUT2D eigenvalue weighted by Gasteiger charge is -2.27. The molecule has 0 aliphatic carbocycles. The van der Waals surface area contributed by atoms with Crippen molar-refractivity contribution in [1.29, 1.82) is 5.26 Å². The molecule has 3 rings (SSSR count). The van der Waals surface area contributed by atoms with Gasteiger partial charge in [0.05, 0.1) is 13.2 Å². The van der Waals surface area contributed by atoms with Gasteiger partial charge < -0.3 is 4.74 Å². The molecule has 1 aliphatic rings. The van der Waals surface area contributed by atoms with Crippen LogP contribution < -0.4 is 4.74 Å². The Morgan fingerprint density at radius 3 is 2.35 bits per heavy atom. The quantitative estimate of drug-likeness (QED) is 0.344.